The summed E-state index contributed by atoms with van der Waals surface area (Å²) in [6, 6.07) is 8.56. The molecular formula is C15H19NO3S. The maximum absolute atomic E-state index is 12.7. The zero-order chi connectivity index (χ0) is 14.8. The van der Waals surface area contributed by atoms with Crippen LogP contribution >= 0.6 is 0 Å². The fraction of sp³-hybridized carbons (Fsp3) is 0.533. The van der Waals surface area contributed by atoms with E-state index in [4.69, 9.17) is 4.74 Å². The van der Waals surface area contributed by atoms with Crippen molar-refractivity contribution in [3.05, 3.63) is 24.3 Å². The third-order valence-corrected chi connectivity index (χ3v) is 6.25. The van der Waals surface area contributed by atoms with Crippen LogP contribution in [0.5, 0.6) is 5.75 Å². The first-order valence-electron chi connectivity index (χ1n) is 6.76. The highest BCUT2D eigenvalue weighted by Crippen LogP contribution is 2.36. The van der Waals surface area contributed by atoms with Crippen molar-refractivity contribution in [2.45, 2.75) is 36.3 Å². The van der Waals surface area contributed by atoms with Gasteiger partial charge in [0.1, 0.15) is 5.75 Å². The number of sulfone groups is 1. The van der Waals surface area contributed by atoms with E-state index in [0.717, 1.165) is 6.42 Å². The van der Waals surface area contributed by atoms with Crippen LogP contribution in [0.3, 0.4) is 0 Å². The first-order valence-corrected chi connectivity index (χ1v) is 8.31. The maximum atomic E-state index is 12.7. The summed E-state index contributed by atoms with van der Waals surface area (Å²) in [5.74, 6) is 0.564. The van der Waals surface area contributed by atoms with E-state index in [1.54, 1.807) is 24.3 Å². The molecule has 3 atom stereocenters. The van der Waals surface area contributed by atoms with Gasteiger partial charge in [0.15, 0.2) is 9.84 Å². The Bertz CT molecular complexity index is 601. The lowest BCUT2D eigenvalue weighted by molar-refractivity contribution is 0.334. The summed E-state index contributed by atoms with van der Waals surface area (Å²) in [5.41, 5.74) is 0. The molecule has 0 radical (unpaired) electrons. The van der Waals surface area contributed by atoms with E-state index in [2.05, 4.69) is 6.07 Å². The lowest BCUT2D eigenvalue weighted by atomic mass is 9.83. The number of ether oxygens (including phenoxy) is 1. The molecule has 1 aromatic carbocycles. The molecular weight excluding hydrogens is 274 g/mol. The molecule has 108 valence electrons. The van der Waals surface area contributed by atoms with Crippen LogP contribution in [0.2, 0.25) is 0 Å². The van der Waals surface area contributed by atoms with Gasteiger partial charge in [0, 0.05) is 0 Å². The van der Waals surface area contributed by atoms with Gasteiger partial charge in [-0.2, -0.15) is 5.26 Å². The molecule has 0 bridgehead atoms. The van der Waals surface area contributed by atoms with Crippen LogP contribution in [0.25, 0.3) is 0 Å². The van der Waals surface area contributed by atoms with E-state index in [1.807, 2.05) is 6.92 Å². The molecule has 0 saturated heterocycles. The Morgan fingerprint density at radius 3 is 2.45 bits per heavy atom. The Labute approximate surface area is 120 Å². The topological polar surface area (TPSA) is 67.2 Å². The number of hydrogen-bond donors (Lipinski definition) is 0. The lowest BCUT2D eigenvalue weighted by Crippen LogP contribution is -2.34. The highest BCUT2D eigenvalue weighted by Gasteiger charge is 2.38. The minimum absolute atomic E-state index is 0.276. The van der Waals surface area contributed by atoms with Gasteiger partial charge in [-0.1, -0.05) is 6.92 Å². The van der Waals surface area contributed by atoms with Crippen molar-refractivity contribution in [2.24, 2.45) is 11.8 Å². The zero-order valence-electron chi connectivity index (χ0n) is 11.7. The predicted octanol–water partition coefficient (Wildman–Crippen LogP) is 2.80. The molecule has 5 heteroatoms. The van der Waals surface area contributed by atoms with Crippen molar-refractivity contribution in [1.29, 1.82) is 5.26 Å². The van der Waals surface area contributed by atoms with Gasteiger partial charge in [-0.25, -0.2) is 8.42 Å². The van der Waals surface area contributed by atoms with Crippen molar-refractivity contribution in [2.75, 3.05) is 7.11 Å². The summed E-state index contributed by atoms with van der Waals surface area (Å²) in [5, 5.41) is 8.61. The van der Waals surface area contributed by atoms with Crippen molar-refractivity contribution >= 4 is 9.84 Å². The van der Waals surface area contributed by atoms with Crippen LogP contribution in [0.4, 0.5) is 0 Å². The predicted molar refractivity (Wildman–Crippen MR) is 76.1 cm³/mol. The summed E-state index contributed by atoms with van der Waals surface area (Å²) in [4.78, 5) is 0.276. The molecule has 1 saturated carbocycles. The van der Waals surface area contributed by atoms with Gasteiger partial charge in [0.25, 0.3) is 0 Å². The Morgan fingerprint density at radius 1 is 1.25 bits per heavy atom. The van der Waals surface area contributed by atoms with Gasteiger partial charge in [-0.15, -0.1) is 0 Å². The number of nitrogens with zero attached hydrogens (tertiary/aromatic N) is 1. The molecule has 0 heterocycles. The minimum atomic E-state index is -3.46. The molecule has 1 aliphatic rings. The number of methoxy groups -OCH3 is 1. The second-order valence-electron chi connectivity index (χ2n) is 5.41. The Hall–Kier alpha value is -1.54. The molecule has 0 N–H and O–H groups in total. The lowest BCUT2D eigenvalue weighted by Gasteiger charge is -2.30. The largest absolute Gasteiger partial charge is 0.497 e. The van der Waals surface area contributed by atoms with Crippen LogP contribution in [-0.2, 0) is 9.84 Å². The molecule has 1 fully saturated rings. The SMILES string of the molecule is COc1ccc(S(=O)(=O)C2CC(C)CCC2C#N)cc1. The molecule has 0 aromatic heterocycles. The summed E-state index contributed by atoms with van der Waals surface area (Å²) in [7, 11) is -1.92. The van der Waals surface area contributed by atoms with Gasteiger partial charge in [0.05, 0.1) is 29.2 Å². The van der Waals surface area contributed by atoms with Gasteiger partial charge in [0.2, 0.25) is 0 Å². The normalized spacial score (nSPS) is 26.8. The molecule has 3 unspecified atom stereocenters. The van der Waals surface area contributed by atoms with E-state index in [0.29, 0.717) is 24.5 Å². The molecule has 1 aliphatic carbocycles. The molecule has 4 nitrogen and oxygen atoms in total. The van der Waals surface area contributed by atoms with Crippen LogP contribution in [-0.4, -0.2) is 20.8 Å². The van der Waals surface area contributed by atoms with Crippen molar-refractivity contribution in [1.82, 2.24) is 0 Å². The summed E-state index contributed by atoms with van der Waals surface area (Å²) < 4.78 is 30.5. The molecule has 1 aromatic rings. The van der Waals surface area contributed by atoms with Crippen LogP contribution in [0.15, 0.2) is 29.2 Å². The van der Waals surface area contributed by atoms with Crippen molar-refractivity contribution in [3.8, 4) is 11.8 Å². The summed E-state index contributed by atoms with van der Waals surface area (Å²) in [6.45, 7) is 2.05. The highest BCUT2D eigenvalue weighted by atomic mass is 32.2. The third kappa shape index (κ3) is 2.80. The number of rotatable bonds is 3. The average molecular weight is 293 g/mol. The van der Waals surface area contributed by atoms with Crippen molar-refractivity contribution in [3.63, 3.8) is 0 Å². The van der Waals surface area contributed by atoms with Gasteiger partial charge < -0.3 is 4.74 Å². The van der Waals surface area contributed by atoms with E-state index in [9.17, 15) is 13.7 Å². The Balaban J connectivity index is 2.34. The van der Waals surface area contributed by atoms with Crippen LogP contribution in [0.1, 0.15) is 26.2 Å². The fourth-order valence-corrected chi connectivity index (χ4v) is 4.84. The third-order valence-electron chi connectivity index (χ3n) is 4.01. The molecule has 0 aliphatic heterocycles. The van der Waals surface area contributed by atoms with Gasteiger partial charge in [-0.3, -0.25) is 0 Å². The van der Waals surface area contributed by atoms with E-state index in [1.165, 1.54) is 7.11 Å². The molecule has 2 rings (SSSR count). The Morgan fingerprint density at radius 2 is 1.90 bits per heavy atom. The van der Waals surface area contributed by atoms with E-state index < -0.39 is 21.0 Å². The van der Waals surface area contributed by atoms with Crippen LogP contribution < -0.4 is 4.74 Å². The second-order valence-corrected chi connectivity index (χ2v) is 7.58. The average Bonchev–Trinajstić information content (AvgIpc) is 2.47. The number of hydrogen-bond acceptors (Lipinski definition) is 4. The van der Waals surface area contributed by atoms with Crippen molar-refractivity contribution < 1.29 is 13.2 Å². The minimum Gasteiger partial charge on any atom is -0.497 e. The molecule has 0 amide bonds. The number of nitriles is 1. The standard InChI is InChI=1S/C15H19NO3S/c1-11-3-4-12(10-16)15(9-11)20(17,18)14-7-5-13(19-2)6-8-14/h5-8,11-12,15H,3-4,9H2,1-2H3. The highest BCUT2D eigenvalue weighted by molar-refractivity contribution is 7.92. The van der Waals surface area contributed by atoms with Gasteiger partial charge in [-0.05, 0) is 49.4 Å². The Kier molecular flexibility index (Phi) is 4.34. The van der Waals surface area contributed by atoms with Gasteiger partial charge >= 0.3 is 0 Å². The zero-order valence-corrected chi connectivity index (χ0v) is 12.6. The number of benzene rings is 1. The quantitative estimate of drug-likeness (QED) is 0.859. The fourth-order valence-electron chi connectivity index (χ4n) is 2.76. The van der Waals surface area contributed by atoms with E-state index >= 15 is 0 Å². The maximum Gasteiger partial charge on any atom is 0.182 e. The second kappa shape index (κ2) is 5.84. The molecule has 20 heavy (non-hydrogen) atoms. The molecule has 0 spiro atoms. The van der Waals surface area contributed by atoms with Crippen LogP contribution in [0, 0.1) is 23.2 Å². The first-order chi connectivity index (χ1) is 9.48. The smallest absolute Gasteiger partial charge is 0.182 e. The first kappa shape index (κ1) is 14.9. The summed E-state index contributed by atoms with van der Waals surface area (Å²) in [6.07, 6.45) is 2.15. The summed E-state index contributed by atoms with van der Waals surface area (Å²) >= 11 is 0. The van der Waals surface area contributed by atoms with E-state index in [-0.39, 0.29) is 4.90 Å². The monoisotopic (exact) mass is 293 g/mol.